The number of hydrogen-bond acceptors (Lipinski definition) is 2. The van der Waals surface area contributed by atoms with Crippen molar-refractivity contribution < 1.29 is 71.1 Å². The van der Waals surface area contributed by atoms with Gasteiger partial charge in [0.1, 0.15) is 0 Å². The molecule has 0 bridgehead atoms. The maximum absolute atomic E-state index is 10.1. The van der Waals surface area contributed by atoms with Gasteiger partial charge in [-0.05, 0) is 13.8 Å². The fourth-order valence-electron chi connectivity index (χ4n) is 0.0915. The van der Waals surface area contributed by atoms with Crippen LogP contribution in [0.2, 0.25) is 0 Å². The summed E-state index contributed by atoms with van der Waals surface area (Å²) in [6.45, 7) is 2.27. The molecule has 0 fully saturated rings. The Morgan fingerprint density at radius 3 is 1.36 bits per heavy atom. The van der Waals surface area contributed by atoms with Crippen LogP contribution < -0.4 is 48.4 Å². The summed E-state index contributed by atoms with van der Waals surface area (Å²) in [7, 11) is 0. The first kappa shape index (κ1) is 17.6. The predicted octanol–water partition coefficient (Wildman–Crippen LogP) is -5.59. The van der Waals surface area contributed by atoms with Crippen LogP contribution in [-0.4, -0.2) is 22.2 Å². The van der Waals surface area contributed by atoms with Gasteiger partial charge in [0.15, 0.2) is 5.41 Å². The maximum Gasteiger partial charge on any atom is 1.00 e. The predicted molar refractivity (Wildman–Crippen MR) is 31.3 cm³/mol. The zero-order chi connectivity index (χ0) is 7.65. The molecule has 0 saturated heterocycles. The standard InChI is InChI=1S/C5H8O4.Li.Na.2H/c1-5(2,3(6)7)4(8)9;;;;/h1-2H3,(H,6,7)(H,8,9);;;;/q;2*+1;2*-1. The van der Waals surface area contributed by atoms with E-state index in [9.17, 15) is 9.59 Å². The Labute approximate surface area is 102 Å². The van der Waals surface area contributed by atoms with Crippen LogP contribution in [0.5, 0.6) is 0 Å². The normalized spacial score (nSPS) is 8.91. The molecule has 0 saturated carbocycles. The third-order valence-corrected chi connectivity index (χ3v) is 1.07. The molecule has 0 aliphatic heterocycles. The first-order chi connectivity index (χ1) is 3.89. The number of hydrogen-bond donors (Lipinski definition) is 2. The zero-order valence-electron chi connectivity index (χ0n) is 9.21. The minimum absolute atomic E-state index is 0. The Balaban J connectivity index is -0.0000000533. The minimum atomic E-state index is -1.67. The molecule has 0 aliphatic carbocycles. The quantitative estimate of drug-likeness (QED) is 0.315. The van der Waals surface area contributed by atoms with Gasteiger partial charge in [0.05, 0.1) is 0 Å². The van der Waals surface area contributed by atoms with E-state index in [0.29, 0.717) is 0 Å². The second-order valence-corrected chi connectivity index (χ2v) is 2.24. The van der Waals surface area contributed by atoms with Crippen LogP contribution in [-0.2, 0) is 9.59 Å². The Hall–Kier alpha value is 0.537. The Morgan fingerprint density at radius 1 is 1.18 bits per heavy atom. The van der Waals surface area contributed by atoms with E-state index in [2.05, 4.69) is 0 Å². The van der Waals surface area contributed by atoms with Crippen molar-refractivity contribution in [1.82, 2.24) is 0 Å². The van der Waals surface area contributed by atoms with Gasteiger partial charge in [-0.15, -0.1) is 0 Å². The van der Waals surface area contributed by atoms with Crippen molar-refractivity contribution in [3.8, 4) is 0 Å². The molecule has 0 aromatic rings. The molecule has 0 aromatic carbocycles. The van der Waals surface area contributed by atoms with Crippen LogP contribution in [0.25, 0.3) is 0 Å². The van der Waals surface area contributed by atoms with Crippen molar-refractivity contribution in [2.75, 3.05) is 0 Å². The van der Waals surface area contributed by atoms with E-state index in [-0.39, 0.29) is 51.3 Å². The molecular formula is C5H10LiNaO4. The molecule has 0 atom stereocenters. The number of carbonyl (C=O) groups is 2. The zero-order valence-corrected chi connectivity index (χ0v) is 9.21. The number of carboxylic acids is 2. The number of carboxylic acid groups (broad SMARTS) is 2. The van der Waals surface area contributed by atoms with Crippen molar-refractivity contribution >= 4 is 11.9 Å². The van der Waals surface area contributed by atoms with Gasteiger partial charge in [0, 0.05) is 0 Å². The molecule has 56 valence electrons. The van der Waals surface area contributed by atoms with Crippen LogP contribution in [0.3, 0.4) is 0 Å². The van der Waals surface area contributed by atoms with Gasteiger partial charge in [-0.1, -0.05) is 0 Å². The van der Waals surface area contributed by atoms with Gasteiger partial charge in [-0.3, -0.25) is 9.59 Å². The van der Waals surface area contributed by atoms with E-state index in [0.717, 1.165) is 13.8 Å². The Kier molecular flexibility index (Phi) is 9.74. The summed E-state index contributed by atoms with van der Waals surface area (Å²) in [6.07, 6.45) is 0. The van der Waals surface area contributed by atoms with Crippen LogP contribution >= 0.6 is 0 Å². The maximum atomic E-state index is 10.1. The topological polar surface area (TPSA) is 74.6 Å². The van der Waals surface area contributed by atoms with Crippen molar-refractivity contribution in [3.63, 3.8) is 0 Å². The molecule has 0 amide bonds. The average molecular weight is 164 g/mol. The third kappa shape index (κ3) is 4.89. The Bertz CT molecular complexity index is 149. The van der Waals surface area contributed by atoms with Crippen LogP contribution in [0.4, 0.5) is 0 Å². The minimum Gasteiger partial charge on any atom is -1.00 e. The summed E-state index contributed by atoms with van der Waals surface area (Å²) in [5.74, 6) is -2.65. The molecule has 0 aromatic heterocycles. The van der Waals surface area contributed by atoms with E-state index >= 15 is 0 Å². The van der Waals surface area contributed by atoms with Gasteiger partial charge >= 0.3 is 60.4 Å². The summed E-state index contributed by atoms with van der Waals surface area (Å²) in [6, 6.07) is 0. The number of aliphatic carboxylic acids is 2. The molecule has 0 aliphatic rings. The molecule has 0 radical (unpaired) electrons. The molecule has 11 heavy (non-hydrogen) atoms. The van der Waals surface area contributed by atoms with Crippen molar-refractivity contribution in [1.29, 1.82) is 0 Å². The first-order valence-corrected chi connectivity index (χ1v) is 2.36. The number of rotatable bonds is 2. The van der Waals surface area contributed by atoms with Gasteiger partial charge in [-0.2, -0.15) is 0 Å². The summed E-state index contributed by atoms with van der Waals surface area (Å²) >= 11 is 0. The van der Waals surface area contributed by atoms with E-state index in [1.807, 2.05) is 0 Å². The summed E-state index contributed by atoms with van der Waals surface area (Å²) in [5.41, 5.74) is -1.67. The summed E-state index contributed by atoms with van der Waals surface area (Å²) < 4.78 is 0. The summed E-state index contributed by atoms with van der Waals surface area (Å²) in [5, 5.41) is 16.5. The van der Waals surface area contributed by atoms with Crippen LogP contribution in [0, 0.1) is 5.41 Å². The SMILES string of the molecule is CC(C)(C(=O)O)C(=O)O.[H-].[H-].[Li+].[Na+]. The molecule has 0 unspecified atom stereocenters. The van der Waals surface area contributed by atoms with E-state index < -0.39 is 17.4 Å². The van der Waals surface area contributed by atoms with Crippen molar-refractivity contribution in [3.05, 3.63) is 0 Å². The van der Waals surface area contributed by atoms with Gasteiger partial charge in [0.25, 0.3) is 0 Å². The van der Waals surface area contributed by atoms with Gasteiger partial charge in [0.2, 0.25) is 0 Å². The Morgan fingerprint density at radius 2 is 1.36 bits per heavy atom. The fraction of sp³-hybridized carbons (Fsp3) is 0.600. The third-order valence-electron chi connectivity index (χ3n) is 1.07. The second kappa shape index (κ2) is 6.10. The van der Waals surface area contributed by atoms with Crippen molar-refractivity contribution in [2.24, 2.45) is 5.41 Å². The molecule has 6 heteroatoms. The largest absolute Gasteiger partial charge is 1.00 e. The monoisotopic (exact) mass is 164 g/mol. The van der Waals surface area contributed by atoms with Crippen molar-refractivity contribution in [2.45, 2.75) is 13.8 Å². The van der Waals surface area contributed by atoms with Crippen LogP contribution in [0.1, 0.15) is 16.7 Å². The summed E-state index contributed by atoms with van der Waals surface area (Å²) in [4.78, 5) is 20.2. The molecule has 2 N–H and O–H groups in total. The molecule has 0 spiro atoms. The van der Waals surface area contributed by atoms with E-state index in [4.69, 9.17) is 10.2 Å². The molecule has 4 nitrogen and oxygen atoms in total. The van der Waals surface area contributed by atoms with E-state index in [1.165, 1.54) is 0 Å². The first-order valence-electron chi connectivity index (χ1n) is 2.36. The van der Waals surface area contributed by atoms with E-state index in [1.54, 1.807) is 0 Å². The molecular weight excluding hydrogens is 154 g/mol. The van der Waals surface area contributed by atoms with Gasteiger partial charge in [-0.25, -0.2) is 0 Å². The smallest absolute Gasteiger partial charge is 1.00 e. The molecule has 0 heterocycles. The van der Waals surface area contributed by atoms with Crippen LogP contribution in [0.15, 0.2) is 0 Å². The average Bonchev–Trinajstić information content (AvgIpc) is 1.65. The fourth-order valence-corrected chi connectivity index (χ4v) is 0.0915. The van der Waals surface area contributed by atoms with Gasteiger partial charge < -0.3 is 13.1 Å². The molecule has 0 rings (SSSR count). The second-order valence-electron chi connectivity index (χ2n) is 2.24.